The minimum atomic E-state index is -0.699. The average molecular weight is 431 g/mol. The second kappa shape index (κ2) is 13.0. The van der Waals surface area contributed by atoms with Gasteiger partial charge in [-0.1, -0.05) is 91.0 Å². The van der Waals surface area contributed by atoms with Gasteiger partial charge in [-0.2, -0.15) is 0 Å². The van der Waals surface area contributed by atoms with Crippen molar-refractivity contribution in [3.63, 3.8) is 0 Å². The molecule has 32 heavy (non-hydrogen) atoms. The van der Waals surface area contributed by atoms with Crippen LogP contribution in [0.1, 0.15) is 29.5 Å². The van der Waals surface area contributed by atoms with Crippen molar-refractivity contribution >= 4 is 12.0 Å². The zero-order chi connectivity index (χ0) is 22.4. The number of hydrogen-bond acceptors (Lipinski definition) is 3. The van der Waals surface area contributed by atoms with Gasteiger partial charge in [0, 0.05) is 13.0 Å². The zero-order valence-corrected chi connectivity index (χ0v) is 18.2. The van der Waals surface area contributed by atoms with Gasteiger partial charge in [-0.05, 0) is 36.0 Å². The lowest BCUT2D eigenvalue weighted by Crippen LogP contribution is -2.48. The quantitative estimate of drug-likeness (QED) is 0.435. The Morgan fingerprint density at radius 2 is 1.28 bits per heavy atom. The van der Waals surface area contributed by atoms with Crippen LogP contribution in [0.3, 0.4) is 0 Å². The van der Waals surface area contributed by atoms with Crippen molar-refractivity contribution in [2.45, 2.75) is 38.3 Å². The van der Waals surface area contributed by atoms with Crippen molar-refractivity contribution in [2.75, 3.05) is 6.54 Å². The van der Waals surface area contributed by atoms with Gasteiger partial charge in [0.1, 0.15) is 12.6 Å². The average Bonchev–Trinajstić information content (AvgIpc) is 2.84. The van der Waals surface area contributed by atoms with E-state index in [1.165, 1.54) is 5.56 Å². The first-order valence-corrected chi connectivity index (χ1v) is 11.0. The van der Waals surface area contributed by atoms with Crippen molar-refractivity contribution < 1.29 is 14.3 Å². The van der Waals surface area contributed by atoms with Crippen LogP contribution >= 0.6 is 0 Å². The molecule has 0 aliphatic carbocycles. The Bertz CT molecular complexity index is 946. The fraction of sp³-hybridized carbons (Fsp3) is 0.259. The van der Waals surface area contributed by atoms with Crippen LogP contribution < -0.4 is 10.6 Å². The number of rotatable bonds is 11. The lowest BCUT2D eigenvalue weighted by Gasteiger charge is -2.18. The summed E-state index contributed by atoms with van der Waals surface area (Å²) in [5.41, 5.74) is 3.16. The Morgan fingerprint density at radius 3 is 1.91 bits per heavy atom. The van der Waals surface area contributed by atoms with Gasteiger partial charge < -0.3 is 15.4 Å². The van der Waals surface area contributed by atoms with E-state index in [4.69, 9.17) is 4.74 Å². The molecule has 1 atom stereocenters. The maximum atomic E-state index is 12.8. The second-order valence-corrected chi connectivity index (χ2v) is 7.68. The zero-order valence-electron chi connectivity index (χ0n) is 18.2. The highest BCUT2D eigenvalue weighted by molar-refractivity contribution is 5.85. The molecule has 0 fully saturated rings. The Labute approximate surface area is 189 Å². The molecule has 0 spiro atoms. The number of ether oxygens (including phenoxy) is 1. The normalized spacial score (nSPS) is 11.4. The van der Waals surface area contributed by atoms with Crippen molar-refractivity contribution in [1.29, 1.82) is 0 Å². The van der Waals surface area contributed by atoms with E-state index in [1.807, 2.05) is 78.9 Å². The van der Waals surface area contributed by atoms with E-state index in [1.54, 1.807) is 0 Å². The van der Waals surface area contributed by atoms with Gasteiger partial charge >= 0.3 is 6.09 Å². The number of carbonyl (C=O) groups excluding carboxylic acids is 2. The monoisotopic (exact) mass is 430 g/mol. The van der Waals surface area contributed by atoms with Crippen molar-refractivity contribution in [3.8, 4) is 0 Å². The van der Waals surface area contributed by atoms with Crippen LogP contribution in [0.2, 0.25) is 0 Å². The molecule has 166 valence electrons. The van der Waals surface area contributed by atoms with Gasteiger partial charge in [-0.3, -0.25) is 4.79 Å². The Morgan fingerprint density at radius 1 is 0.719 bits per heavy atom. The van der Waals surface area contributed by atoms with Gasteiger partial charge in [0.05, 0.1) is 0 Å². The Kier molecular flexibility index (Phi) is 9.34. The Balaban J connectivity index is 1.48. The SMILES string of the molecule is O=C(NC(Cc1ccccc1)C(=O)NCCCCc1ccccc1)OCc1ccccc1. The molecule has 3 rings (SSSR count). The topological polar surface area (TPSA) is 67.4 Å². The summed E-state index contributed by atoms with van der Waals surface area (Å²) in [6.45, 7) is 0.726. The summed E-state index contributed by atoms with van der Waals surface area (Å²) < 4.78 is 5.31. The molecule has 5 nitrogen and oxygen atoms in total. The summed E-state index contributed by atoms with van der Waals surface area (Å²) in [6, 6.07) is 28.7. The first-order chi connectivity index (χ1) is 15.7. The molecule has 2 N–H and O–H groups in total. The predicted octanol–water partition coefficient (Wildman–Crippen LogP) is 4.66. The molecule has 0 heterocycles. The smallest absolute Gasteiger partial charge is 0.408 e. The molecule has 0 saturated carbocycles. The second-order valence-electron chi connectivity index (χ2n) is 7.68. The maximum absolute atomic E-state index is 12.8. The van der Waals surface area contributed by atoms with E-state index >= 15 is 0 Å². The van der Waals surface area contributed by atoms with Gasteiger partial charge in [0.25, 0.3) is 0 Å². The first kappa shape index (κ1) is 23.1. The molecular formula is C27H30N2O3. The lowest BCUT2D eigenvalue weighted by atomic mass is 10.1. The molecule has 1 unspecified atom stereocenters. The highest BCUT2D eigenvalue weighted by Gasteiger charge is 2.21. The molecule has 5 heteroatoms. The summed E-state index contributed by atoms with van der Waals surface area (Å²) in [6.07, 6.45) is 2.64. The number of alkyl carbamates (subject to hydrolysis) is 1. The maximum Gasteiger partial charge on any atom is 0.408 e. The van der Waals surface area contributed by atoms with Crippen LogP contribution in [0.4, 0.5) is 4.79 Å². The van der Waals surface area contributed by atoms with Crippen molar-refractivity contribution in [3.05, 3.63) is 108 Å². The van der Waals surface area contributed by atoms with Gasteiger partial charge in [0.15, 0.2) is 0 Å². The van der Waals surface area contributed by atoms with E-state index in [-0.39, 0.29) is 12.5 Å². The first-order valence-electron chi connectivity index (χ1n) is 11.0. The minimum absolute atomic E-state index is 0.159. The van der Waals surface area contributed by atoms with E-state index < -0.39 is 12.1 Å². The van der Waals surface area contributed by atoms with Crippen LogP contribution in [0.25, 0.3) is 0 Å². The number of benzene rings is 3. The number of unbranched alkanes of at least 4 members (excludes halogenated alkanes) is 1. The Hall–Kier alpha value is -3.60. The summed E-state index contributed by atoms with van der Waals surface area (Å²) in [5.74, 6) is -0.203. The van der Waals surface area contributed by atoms with Crippen LogP contribution in [0.15, 0.2) is 91.0 Å². The summed E-state index contributed by atoms with van der Waals surface area (Å²) in [4.78, 5) is 25.2. The summed E-state index contributed by atoms with van der Waals surface area (Å²) in [5, 5.41) is 5.69. The number of carbonyl (C=O) groups is 2. The number of nitrogens with one attached hydrogen (secondary N) is 2. The fourth-order valence-electron chi connectivity index (χ4n) is 3.40. The molecule has 0 radical (unpaired) electrons. The molecule has 0 aliphatic rings. The molecule has 0 aromatic heterocycles. The van der Waals surface area contributed by atoms with E-state index in [0.717, 1.165) is 30.4 Å². The fourth-order valence-corrected chi connectivity index (χ4v) is 3.40. The highest BCUT2D eigenvalue weighted by atomic mass is 16.5. The van der Waals surface area contributed by atoms with E-state index in [0.29, 0.717) is 13.0 Å². The minimum Gasteiger partial charge on any atom is -0.445 e. The number of hydrogen-bond donors (Lipinski definition) is 2. The number of amides is 2. The highest BCUT2D eigenvalue weighted by Crippen LogP contribution is 2.07. The molecule has 3 aromatic rings. The summed E-state index contributed by atoms with van der Waals surface area (Å²) >= 11 is 0. The molecule has 0 bridgehead atoms. The molecule has 0 aliphatic heterocycles. The molecule has 3 aromatic carbocycles. The lowest BCUT2D eigenvalue weighted by molar-refractivity contribution is -0.123. The third-order valence-electron chi connectivity index (χ3n) is 5.14. The van der Waals surface area contributed by atoms with Crippen LogP contribution in [0, 0.1) is 0 Å². The van der Waals surface area contributed by atoms with Gasteiger partial charge in [-0.25, -0.2) is 4.79 Å². The third-order valence-corrected chi connectivity index (χ3v) is 5.14. The van der Waals surface area contributed by atoms with Crippen LogP contribution in [-0.2, 0) is 29.0 Å². The van der Waals surface area contributed by atoms with Gasteiger partial charge in [-0.15, -0.1) is 0 Å². The predicted molar refractivity (Wildman–Crippen MR) is 126 cm³/mol. The van der Waals surface area contributed by atoms with E-state index in [9.17, 15) is 9.59 Å². The standard InChI is InChI=1S/C27H30N2O3/c30-26(28-19-11-10-14-22-12-4-1-5-13-22)25(20-23-15-6-2-7-16-23)29-27(31)32-21-24-17-8-3-9-18-24/h1-9,12-13,15-18,25H,10-11,14,19-21H2,(H,28,30)(H,29,31). The van der Waals surface area contributed by atoms with Crippen molar-refractivity contribution in [1.82, 2.24) is 10.6 Å². The van der Waals surface area contributed by atoms with Crippen LogP contribution in [0.5, 0.6) is 0 Å². The van der Waals surface area contributed by atoms with Gasteiger partial charge in [0.2, 0.25) is 5.91 Å². The number of aryl methyl sites for hydroxylation is 1. The molecule has 0 saturated heterocycles. The molecule has 2 amide bonds. The third kappa shape index (κ3) is 8.26. The van der Waals surface area contributed by atoms with Crippen molar-refractivity contribution in [2.24, 2.45) is 0 Å². The van der Waals surface area contributed by atoms with Crippen LogP contribution in [-0.4, -0.2) is 24.6 Å². The largest absolute Gasteiger partial charge is 0.445 e. The van der Waals surface area contributed by atoms with E-state index in [2.05, 4.69) is 22.8 Å². The molecular weight excluding hydrogens is 400 g/mol. The summed E-state index contributed by atoms with van der Waals surface area (Å²) in [7, 11) is 0.